The van der Waals surface area contributed by atoms with Gasteiger partial charge in [0.15, 0.2) is 5.96 Å². The number of aryl methyl sites for hydroxylation is 1. The molecule has 0 bridgehead atoms. The topological polar surface area (TPSA) is 67.8 Å². The van der Waals surface area contributed by atoms with E-state index in [9.17, 15) is 0 Å². The molecule has 0 aliphatic carbocycles. The number of rotatable bonds is 7. The summed E-state index contributed by atoms with van der Waals surface area (Å²) in [6, 6.07) is 7.59. The van der Waals surface area contributed by atoms with Gasteiger partial charge >= 0.3 is 0 Å². The molecule has 0 fully saturated rings. The molecule has 7 heteroatoms. The van der Waals surface area contributed by atoms with E-state index in [-0.39, 0.29) is 6.10 Å². The number of ether oxygens (including phenoxy) is 2. The third kappa shape index (κ3) is 5.73. The van der Waals surface area contributed by atoms with Crippen molar-refractivity contribution >= 4 is 17.3 Å². The van der Waals surface area contributed by atoms with Crippen LogP contribution in [0.1, 0.15) is 16.8 Å². The fourth-order valence-corrected chi connectivity index (χ4v) is 2.80. The third-order valence-corrected chi connectivity index (χ3v) is 4.17. The van der Waals surface area contributed by atoms with E-state index in [0.29, 0.717) is 13.1 Å². The molecule has 0 spiro atoms. The highest BCUT2D eigenvalue weighted by Gasteiger charge is 2.07. The summed E-state index contributed by atoms with van der Waals surface area (Å²) in [7, 11) is 3.39. The van der Waals surface area contributed by atoms with Gasteiger partial charge in [0.25, 0.3) is 0 Å². The number of benzene rings is 1. The zero-order valence-corrected chi connectivity index (χ0v) is 15.3. The Bertz CT molecular complexity index is 672. The van der Waals surface area contributed by atoms with Crippen molar-refractivity contribution in [3.05, 3.63) is 40.3 Å². The monoisotopic (exact) mass is 348 g/mol. The van der Waals surface area contributed by atoms with E-state index < -0.39 is 0 Å². The summed E-state index contributed by atoms with van der Waals surface area (Å²) in [5.74, 6) is 2.30. The number of guanidine groups is 1. The first-order valence-corrected chi connectivity index (χ1v) is 8.59. The summed E-state index contributed by atoms with van der Waals surface area (Å²) in [5, 5.41) is 7.60. The van der Waals surface area contributed by atoms with Gasteiger partial charge in [0.2, 0.25) is 0 Å². The fourth-order valence-electron chi connectivity index (χ4n) is 2.07. The highest BCUT2D eigenvalue weighted by Crippen LogP contribution is 2.19. The van der Waals surface area contributed by atoms with Crippen LogP contribution in [0.5, 0.6) is 11.5 Å². The molecule has 0 aliphatic rings. The lowest BCUT2D eigenvalue weighted by molar-refractivity contribution is 0.223. The molecule has 0 saturated heterocycles. The standard InChI is InChI=1S/C17H24N4O2S/c1-12(23-15-7-5-6-14(8-15)22-4)9-20-17(18-3)21-11-16-10-19-13(2)24-16/h5-8,10,12H,9,11H2,1-4H3,(H2,18,20,21). The molecule has 1 heterocycles. The van der Waals surface area contributed by atoms with Crippen LogP contribution in [0.4, 0.5) is 0 Å². The summed E-state index contributed by atoms with van der Waals surface area (Å²) in [5.41, 5.74) is 0. The van der Waals surface area contributed by atoms with E-state index in [1.165, 1.54) is 4.88 Å². The molecule has 0 radical (unpaired) electrons. The van der Waals surface area contributed by atoms with Gasteiger partial charge in [0.05, 0.1) is 25.2 Å². The number of aliphatic imine (C=N–C) groups is 1. The number of hydrogen-bond acceptors (Lipinski definition) is 5. The molecule has 0 amide bonds. The zero-order valence-electron chi connectivity index (χ0n) is 14.5. The quantitative estimate of drug-likeness (QED) is 0.595. The SMILES string of the molecule is CN=C(NCc1cnc(C)s1)NCC(C)Oc1cccc(OC)c1. The minimum Gasteiger partial charge on any atom is -0.497 e. The Morgan fingerprint density at radius 3 is 2.79 bits per heavy atom. The van der Waals surface area contributed by atoms with E-state index in [4.69, 9.17) is 9.47 Å². The number of methoxy groups -OCH3 is 1. The van der Waals surface area contributed by atoms with Gasteiger partial charge in [-0.05, 0) is 26.0 Å². The molecule has 6 nitrogen and oxygen atoms in total. The minimum atomic E-state index is -0.0127. The van der Waals surface area contributed by atoms with Crippen molar-refractivity contribution in [2.24, 2.45) is 4.99 Å². The number of hydrogen-bond donors (Lipinski definition) is 2. The van der Waals surface area contributed by atoms with Crippen molar-refractivity contribution < 1.29 is 9.47 Å². The van der Waals surface area contributed by atoms with Gasteiger partial charge < -0.3 is 20.1 Å². The zero-order chi connectivity index (χ0) is 17.4. The first-order chi connectivity index (χ1) is 11.6. The number of thiazole rings is 1. The molecule has 130 valence electrons. The van der Waals surface area contributed by atoms with Crippen molar-refractivity contribution in [3.8, 4) is 11.5 Å². The van der Waals surface area contributed by atoms with E-state index >= 15 is 0 Å². The minimum absolute atomic E-state index is 0.0127. The highest BCUT2D eigenvalue weighted by molar-refractivity contribution is 7.11. The summed E-state index contributed by atoms with van der Waals surface area (Å²) in [6.45, 7) is 5.35. The third-order valence-electron chi connectivity index (χ3n) is 3.26. The van der Waals surface area contributed by atoms with Gasteiger partial charge in [0.1, 0.15) is 17.6 Å². The van der Waals surface area contributed by atoms with Crippen LogP contribution >= 0.6 is 11.3 Å². The predicted molar refractivity (Wildman–Crippen MR) is 98.1 cm³/mol. The van der Waals surface area contributed by atoms with Crippen LogP contribution in [-0.2, 0) is 6.54 Å². The molecule has 2 N–H and O–H groups in total. The van der Waals surface area contributed by atoms with Gasteiger partial charge in [-0.15, -0.1) is 11.3 Å². The Labute approximate surface area is 146 Å². The molecule has 2 aromatic rings. The molecule has 1 aromatic heterocycles. The first-order valence-electron chi connectivity index (χ1n) is 7.77. The van der Waals surface area contributed by atoms with Crippen molar-refractivity contribution in [3.63, 3.8) is 0 Å². The fraction of sp³-hybridized carbons (Fsp3) is 0.412. The molecule has 1 unspecified atom stereocenters. The number of nitrogens with one attached hydrogen (secondary N) is 2. The van der Waals surface area contributed by atoms with Crippen LogP contribution in [-0.4, -0.2) is 37.7 Å². The van der Waals surface area contributed by atoms with Gasteiger partial charge in [-0.3, -0.25) is 4.99 Å². The molecule has 1 atom stereocenters. The molecule has 0 saturated carbocycles. The van der Waals surface area contributed by atoms with Crippen LogP contribution in [0.25, 0.3) is 0 Å². The summed E-state index contributed by atoms with van der Waals surface area (Å²) in [6.07, 6.45) is 1.87. The molecular weight excluding hydrogens is 324 g/mol. The predicted octanol–water partition coefficient (Wildman–Crippen LogP) is 2.59. The van der Waals surface area contributed by atoms with Gasteiger partial charge in [-0.2, -0.15) is 0 Å². The van der Waals surface area contributed by atoms with Gasteiger partial charge in [0, 0.05) is 24.2 Å². The second-order valence-corrected chi connectivity index (χ2v) is 6.58. The number of aromatic nitrogens is 1. The Balaban J connectivity index is 1.77. The van der Waals surface area contributed by atoms with E-state index in [1.54, 1.807) is 25.5 Å². The first kappa shape index (κ1) is 18.1. The lowest BCUT2D eigenvalue weighted by atomic mass is 10.3. The van der Waals surface area contributed by atoms with Crippen LogP contribution < -0.4 is 20.1 Å². The van der Waals surface area contributed by atoms with Crippen LogP contribution in [0.2, 0.25) is 0 Å². The molecule has 2 rings (SSSR count). The lowest BCUT2D eigenvalue weighted by Gasteiger charge is -2.18. The second-order valence-electron chi connectivity index (χ2n) is 5.26. The summed E-state index contributed by atoms with van der Waals surface area (Å²) in [4.78, 5) is 9.64. The van der Waals surface area contributed by atoms with Crippen LogP contribution in [0.15, 0.2) is 35.5 Å². The van der Waals surface area contributed by atoms with E-state index in [0.717, 1.165) is 22.5 Å². The van der Waals surface area contributed by atoms with E-state index in [2.05, 4.69) is 20.6 Å². The smallest absolute Gasteiger partial charge is 0.191 e. The maximum absolute atomic E-state index is 5.88. The van der Waals surface area contributed by atoms with Crippen molar-refractivity contribution in [2.75, 3.05) is 20.7 Å². The van der Waals surface area contributed by atoms with Crippen molar-refractivity contribution in [1.29, 1.82) is 0 Å². The largest absolute Gasteiger partial charge is 0.497 e. The maximum atomic E-state index is 5.88. The maximum Gasteiger partial charge on any atom is 0.191 e. The molecule has 24 heavy (non-hydrogen) atoms. The Morgan fingerprint density at radius 2 is 2.12 bits per heavy atom. The second kappa shape index (κ2) is 9.12. The van der Waals surface area contributed by atoms with Gasteiger partial charge in [-0.25, -0.2) is 4.98 Å². The normalized spacial score (nSPS) is 12.6. The van der Waals surface area contributed by atoms with Crippen molar-refractivity contribution in [2.45, 2.75) is 26.5 Å². The summed E-state index contributed by atoms with van der Waals surface area (Å²) >= 11 is 1.68. The average Bonchev–Trinajstić information content (AvgIpc) is 3.00. The van der Waals surface area contributed by atoms with Gasteiger partial charge in [-0.1, -0.05) is 6.07 Å². The highest BCUT2D eigenvalue weighted by atomic mass is 32.1. The summed E-state index contributed by atoms with van der Waals surface area (Å²) < 4.78 is 11.1. The molecule has 1 aromatic carbocycles. The molecule has 0 aliphatic heterocycles. The molecular formula is C17H24N4O2S. The Morgan fingerprint density at radius 1 is 1.33 bits per heavy atom. The number of nitrogens with zero attached hydrogens (tertiary/aromatic N) is 2. The average molecular weight is 348 g/mol. The Hall–Kier alpha value is -2.28. The lowest BCUT2D eigenvalue weighted by Crippen LogP contribution is -2.41. The Kier molecular flexibility index (Phi) is 6.87. The van der Waals surface area contributed by atoms with Crippen LogP contribution in [0.3, 0.4) is 0 Å². The van der Waals surface area contributed by atoms with E-state index in [1.807, 2.05) is 44.3 Å². The van der Waals surface area contributed by atoms with Crippen LogP contribution in [0, 0.1) is 6.92 Å². The van der Waals surface area contributed by atoms with Crippen molar-refractivity contribution in [1.82, 2.24) is 15.6 Å².